The summed E-state index contributed by atoms with van der Waals surface area (Å²) in [6, 6.07) is 7.34. The number of carbonyl (C=O) groups is 3. The van der Waals surface area contributed by atoms with Gasteiger partial charge in [0, 0.05) is 6.54 Å². The quantitative estimate of drug-likeness (QED) is 0.495. The maximum absolute atomic E-state index is 13.1. The lowest BCUT2D eigenvalue weighted by molar-refractivity contribution is -0.142. The highest BCUT2D eigenvalue weighted by atomic mass is 16.2. The van der Waals surface area contributed by atoms with Crippen molar-refractivity contribution in [3.05, 3.63) is 30.3 Å². The highest BCUT2D eigenvalue weighted by molar-refractivity contribution is 5.93. The standard InChI is InChI=1S/C20H31N5O3/c1-4-15(21)18(26)22-17(13(2)3)20(28)25-12-8-11-16(25)19(27)24-23-14-9-6-5-7-10-14/h5-7,9-10,13,15-17,23H,4,8,11-12,21H2,1-3H3,(H,22,26)(H,24,27)/t15-,16-,17-/m0/s1. The van der Waals surface area contributed by atoms with Gasteiger partial charge >= 0.3 is 0 Å². The molecule has 0 bridgehead atoms. The number of likely N-dealkylation sites (tertiary alicyclic amines) is 1. The smallest absolute Gasteiger partial charge is 0.261 e. The van der Waals surface area contributed by atoms with Gasteiger partial charge in [0.15, 0.2) is 0 Å². The fourth-order valence-electron chi connectivity index (χ4n) is 3.18. The molecule has 1 fully saturated rings. The number of rotatable bonds is 8. The van der Waals surface area contributed by atoms with Crippen LogP contribution in [0.2, 0.25) is 0 Å². The number of para-hydroxylation sites is 1. The van der Waals surface area contributed by atoms with Crippen LogP contribution in [0.5, 0.6) is 0 Å². The van der Waals surface area contributed by atoms with Crippen LogP contribution in [-0.2, 0) is 14.4 Å². The number of anilines is 1. The average molecular weight is 390 g/mol. The summed E-state index contributed by atoms with van der Waals surface area (Å²) in [6.45, 7) is 6.03. The van der Waals surface area contributed by atoms with Crippen molar-refractivity contribution in [2.75, 3.05) is 12.0 Å². The molecule has 3 amide bonds. The molecule has 154 valence electrons. The van der Waals surface area contributed by atoms with Crippen LogP contribution < -0.4 is 21.9 Å². The van der Waals surface area contributed by atoms with Gasteiger partial charge in [-0.1, -0.05) is 39.0 Å². The van der Waals surface area contributed by atoms with E-state index >= 15 is 0 Å². The van der Waals surface area contributed by atoms with Crippen LogP contribution in [0.25, 0.3) is 0 Å². The Morgan fingerprint density at radius 2 is 1.89 bits per heavy atom. The van der Waals surface area contributed by atoms with Crippen molar-refractivity contribution in [1.82, 2.24) is 15.6 Å². The van der Waals surface area contributed by atoms with Gasteiger partial charge in [0.25, 0.3) is 5.91 Å². The molecule has 1 aliphatic heterocycles. The fourth-order valence-corrected chi connectivity index (χ4v) is 3.18. The van der Waals surface area contributed by atoms with Gasteiger partial charge in [-0.25, -0.2) is 0 Å². The second kappa shape index (κ2) is 10.1. The summed E-state index contributed by atoms with van der Waals surface area (Å²) in [5, 5.41) is 2.76. The first-order valence-electron chi connectivity index (χ1n) is 9.82. The molecule has 2 rings (SSSR count). The van der Waals surface area contributed by atoms with E-state index in [9.17, 15) is 14.4 Å². The molecule has 1 aromatic carbocycles. The van der Waals surface area contributed by atoms with Gasteiger partial charge < -0.3 is 16.0 Å². The van der Waals surface area contributed by atoms with E-state index in [1.165, 1.54) is 0 Å². The van der Waals surface area contributed by atoms with Crippen LogP contribution in [-0.4, -0.2) is 47.3 Å². The summed E-state index contributed by atoms with van der Waals surface area (Å²) in [5.41, 5.74) is 12.1. The second-order valence-electron chi connectivity index (χ2n) is 7.41. The highest BCUT2D eigenvalue weighted by Gasteiger charge is 2.38. The van der Waals surface area contributed by atoms with Gasteiger partial charge in [0.1, 0.15) is 12.1 Å². The van der Waals surface area contributed by atoms with E-state index in [0.29, 0.717) is 19.4 Å². The topological polar surface area (TPSA) is 117 Å². The van der Waals surface area contributed by atoms with Crippen molar-refractivity contribution in [1.29, 1.82) is 0 Å². The molecule has 0 radical (unpaired) electrons. The number of hydrogen-bond acceptors (Lipinski definition) is 5. The molecule has 0 aromatic heterocycles. The molecule has 28 heavy (non-hydrogen) atoms. The summed E-state index contributed by atoms with van der Waals surface area (Å²) in [5.74, 6) is -0.981. The van der Waals surface area contributed by atoms with E-state index in [-0.39, 0.29) is 23.6 Å². The molecule has 1 heterocycles. The van der Waals surface area contributed by atoms with Gasteiger partial charge in [-0.05, 0) is 37.3 Å². The third-order valence-electron chi connectivity index (χ3n) is 4.95. The fraction of sp³-hybridized carbons (Fsp3) is 0.550. The van der Waals surface area contributed by atoms with Gasteiger partial charge in [0.2, 0.25) is 11.8 Å². The predicted molar refractivity (Wildman–Crippen MR) is 108 cm³/mol. The highest BCUT2D eigenvalue weighted by Crippen LogP contribution is 2.20. The molecule has 1 aliphatic rings. The third-order valence-corrected chi connectivity index (χ3v) is 4.95. The molecule has 0 unspecified atom stereocenters. The van der Waals surface area contributed by atoms with Crippen LogP contribution in [0, 0.1) is 5.92 Å². The van der Waals surface area contributed by atoms with Gasteiger partial charge in [-0.15, -0.1) is 0 Å². The molecule has 3 atom stereocenters. The Hall–Kier alpha value is -2.61. The molecule has 8 nitrogen and oxygen atoms in total. The average Bonchev–Trinajstić information content (AvgIpc) is 3.19. The zero-order valence-electron chi connectivity index (χ0n) is 16.8. The van der Waals surface area contributed by atoms with Gasteiger partial charge in [0.05, 0.1) is 11.7 Å². The van der Waals surface area contributed by atoms with E-state index in [4.69, 9.17) is 5.73 Å². The lowest BCUT2D eigenvalue weighted by Crippen LogP contribution is -2.57. The number of hydrogen-bond donors (Lipinski definition) is 4. The summed E-state index contributed by atoms with van der Waals surface area (Å²) < 4.78 is 0. The molecule has 5 N–H and O–H groups in total. The first kappa shape index (κ1) is 21.7. The number of nitrogens with two attached hydrogens (primary N) is 1. The van der Waals surface area contributed by atoms with Crippen LogP contribution in [0.15, 0.2) is 30.3 Å². The summed E-state index contributed by atoms with van der Waals surface area (Å²) >= 11 is 0. The zero-order chi connectivity index (χ0) is 20.7. The van der Waals surface area contributed by atoms with Crippen molar-refractivity contribution in [2.45, 2.75) is 58.2 Å². The number of benzene rings is 1. The molecule has 0 aliphatic carbocycles. The molecule has 8 heteroatoms. The predicted octanol–water partition coefficient (Wildman–Crippen LogP) is 0.999. The van der Waals surface area contributed by atoms with E-state index < -0.39 is 18.1 Å². The zero-order valence-corrected chi connectivity index (χ0v) is 16.8. The van der Waals surface area contributed by atoms with Crippen LogP contribution in [0.3, 0.4) is 0 Å². The minimum Gasteiger partial charge on any atom is -0.343 e. The van der Waals surface area contributed by atoms with Gasteiger partial charge in [-0.2, -0.15) is 0 Å². The van der Waals surface area contributed by atoms with Crippen molar-refractivity contribution in [3.63, 3.8) is 0 Å². The van der Waals surface area contributed by atoms with E-state index in [0.717, 1.165) is 12.1 Å². The second-order valence-corrected chi connectivity index (χ2v) is 7.41. The Morgan fingerprint density at radius 1 is 1.21 bits per heavy atom. The van der Waals surface area contributed by atoms with Crippen LogP contribution >= 0.6 is 0 Å². The largest absolute Gasteiger partial charge is 0.343 e. The molecule has 1 saturated heterocycles. The number of carbonyl (C=O) groups excluding carboxylic acids is 3. The summed E-state index contributed by atoms with van der Waals surface area (Å²) in [6.07, 6.45) is 1.81. The molecular weight excluding hydrogens is 358 g/mol. The Bertz CT molecular complexity index is 680. The summed E-state index contributed by atoms with van der Waals surface area (Å²) in [4.78, 5) is 39.5. The van der Waals surface area contributed by atoms with E-state index in [1.54, 1.807) is 4.90 Å². The maximum atomic E-state index is 13.1. The monoisotopic (exact) mass is 389 g/mol. The van der Waals surface area contributed by atoms with Crippen molar-refractivity contribution in [3.8, 4) is 0 Å². The van der Waals surface area contributed by atoms with E-state index in [2.05, 4.69) is 16.2 Å². The molecular formula is C20H31N5O3. The lowest BCUT2D eigenvalue weighted by atomic mass is 10.0. The Labute approximate surface area is 166 Å². The summed E-state index contributed by atoms with van der Waals surface area (Å²) in [7, 11) is 0. The number of amides is 3. The van der Waals surface area contributed by atoms with Crippen molar-refractivity contribution >= 4 is 23.4 Å². The molecule has 0 spiro atoms. The lowest BCUT2D eigenvalue weighted by Gasteiger charge is -2.31. The first-order chi connectivity index (χ1) is 13.3. The van der Waals surface area contributed by atoms with Gasteiger partial charge in [-0.3, -0.25) is 25.2 Å². The van der Waals surface area contributed by atoms with Crippen LogP contribution in [0.1, 0.15) is 40.0 Å². The molecule has 1 aromatic rings. The Morgan fingerprint density at radius 3 is 2.50 bits per heavy atom. The Balaban J connectivity index is 2.02. The van der Waals surface area contributed by atoms with Crippen molar-refractivity contribution < 1.29 is 14.4 Å². The Kier molecular flexibility index (Phi) is 7.80. The number of hydrazine groups is 1. The van der Waals surface area contributed by atoms with Crippen LogP contribution in [0.4, 0.5) is 5.69 Å². The number of nitrogens with one attached hydrogen (secondary N) is 3. The first-order valence-corrected chi connectivity index (χ1v) is 9.82. The normalized spacial score (nSPS) is 18.5. The third kappa shape index (κ3) is 5.45. The number of nitrogens with zero attached hydrogens (tertiary/aromatic N) is 1. The minimum absolute atomic E-state index is 0.118. The maximum Gasteiger partial charge on any atom is 0.261 e. The SMILES string of the molecule is CC[C@H](N)C(=O)N[C@H](C(=O)N1CCC[C@H]1C(=O)NNc1ccccc1)C(C)C. The molecule has 0 saturated carbocycles. The van der Waals surface area contributed by atoms with E-state index in [1.807, 2.05) is 51.1 Å². The van der Waals surface area contributed by atoms with Crippen molar-refractivity contribution in [2.24, 2.45) is 11.7 Å². The minimum atomic E-state index is -0.708.